The van der Waals surface area contributed by atoms with Crippen LogP contribution in [0.5, 0.6) is 0 Å². The quantitative estimate of drug-likeness (QED) is 0.872. The molecular formula is C14H17N3. The van der Waals surface area contributed by atoms with Gasteiger partial charge in [-0.15, -0.1) is 0 Å². The third-order valence-electron chi connectivity index (χ3n) is 2.85. The van der Waals surface area contributed by atoms with Crippen molar-refractivity contribution >= 4 is 0 Å². The Labute approximate surface area is 102 Å². The lowest BCUT2D eigenvalue weighted by Gasteiger charge is -2.20. The van der Waals surface area contributed by atoms with Crippen LogP contribution in [0.1, 0.15) is 29.7 Å². The first kappa shape index (κ1) is 11.7. The van der Waals surface area contributed by atoms with Gasteiger partial charge < -0.3 is 5.32 Å². The molecule has 0 aliphatic rings. The molecule has 17 heavy (non-hydrogen) atoms. The van der Waals surface area contributed by atoms with Gasteiger partial charge in [-0.3, -0.25) is 0 Å². The Balaban J connectivity index is 2.39. The molecule has 88 valence electrons. The van der Waals surface area contributed by atoms with E-state index in [0.29, 0.717) is 0 Å². The summed E-state index contributed by atoms with van der Waals surface area (Å²) in [5.74, 6) is 0. The van der Waals surface area contributed by atoms with Crippen molar-refractivity contribution in [1.29, 1.82) is 0 Å². The molecule has 1 heterocycles. The van der Waals surface area contributed by atoms with E-state index in [9.17, 15) is 0 Å². The summed E-state index contributed by atoms with van der Waals surface area (Å²) < 4.78 is 0. The van der Waals surface area contributed by atoms with E-state index < -0.39 is 0 Å². The zero-order valence-corrected chi connectivity index (χ0v) is 10.2. The van der Waals surface area contributed by atoms with Gasteiger partial charge in [-0.05, 0) is 36.2 Å². The minimum Gasteiger partial charge on any atom is -0.306 e. The molecule has 0 saturated heterocycles. The van der Waals surface area contributed by atoms with Gasteiger partial charge in [0.25, 0.3) is 0 Å². The first-order chi connectivity index (χ1) is 8.33. The maximum absolute atomic E-state index is 3.95. The fraction of sp³-hybridized carbons (Fsp3) is 0.286. The van der Waals surface area contributed by atoms with Crippen molar-refractivity contribution in [2.45, 2.75) is 19.9 Å². The van der Waals surface area contributed by atoms with Crippen LogP contribution in [0.15, 0.2) is 42.7 Å². The molecule has 1 aromatic carbocycles. The molecule has 2 rings (SSSR count). The topological polar surface area (TPSA) is 37.8 Å². The zero-order chi connectivity index (χ0) is 12.1. The summed E-state index contributed by atoms with van der Waals surface area (Å²) >= 11 is 0. The van der Waals surface area contributed by atoms with E-state index in [1.807, 2.05) is 12.3 Å². The fourth-order valence-electron chi connectivity index (χ4n) is 1.99. The molecular weight excluding hydrogens is 210 g/mol. The molecule has 0 saturated carbocycles. The van der Waals surface area contributed by atoms with Crippen LogP contribution in [0.2, 0.25) is 0 Å². The highest BCUT2D eigenvalue weighted by Gasteiger charge is 2.14. The predicted molar refractivity (Wildman–Crippen MR) is 68.7 cm³/mol. The number of rotatable bonds is 4. The highest BCUT2D eigenvalue weighted by Crippen LogP contribution is 2.23. The Morgan fingerprint density at radius 1 is 1.18 bits per heavy atom. The van der Waals surface area contributed by atoms with E-state index in [1.165, 1.54) is 11.1 Å². The van der Waals surface area contributed by atoms with Gasteiger partial charge in [0.15, 0.2) is 0 Å². The van der Waals surface area contributed by atoms with Gasteiger partial charge in [-0.2, -0.15) is 10.2 Å². The highest BCUT2D eigenvalue weighted by atomic mass is 15.1. The normalized spacial score (nSPS) is 12.4. The molecule has 0 aliphatic heterocycles. The number of aromatic nitrogens is 2. The van der Waals surface area contributed by atoms with Crippen LogP contribution >= 0.6 is 0 Å². The third kappa shape index (κ3) is 2.68. The van der Waals surface area contributed by atoms with Crippen molar-refractivity contribution in [3.8, 4) is 0 Å². The molecule has 0 fully saturated rings. The van der Waals surface area contributed by atoms with E-state index in [-0.39, 0.29) is 6.04 Å². The summed E-state index contributed by atoms with van der Waals surface area (Å²) in [5.41, 5.74) is 3.73. The lowest BCUT2D eigenvalue weighted by atomic mass is 9.96. The van der Waals surface area contributed by atoms with Crippen molar-refractivity contribution in [1.82, 2.24) is 15.5 Å². The molecule has 0 amide bonds. The van der Waals surface area contributed by atoms with Crippen LogP contribution in [-0.4, -0.2) is 16.7 Å². The predicted octanol–water partition coefficient (Wildman–Crippen LogP) is 2.48. The van der Waals surface area contributed by atoms with Gasteiger partial charge in [-0.1, -0.05) is 31.2 Å². The smallest absolute Gasteiger partial charge is 0.0595 e. The first-order valence-corrected chi connectivity index (χ1v) is 5.88. The van der Waals surface area contributed by atoms with E-state index in [2.05, 4.69) is 53.6 Å². The Kier molecular flexibility index (Phi) is 3.83. The summed E-state index contributed by atoms with van der Waals surface area (Å²) in [6.07, 6.45) is 3.55. The number of hydrogen-bond acceptors (Lipinski definition) is 3. The van der Waals surface area contributed by atoms with E-state index in [0.717, 1.165) is 12.1 Å². The summed E-state index contributed by atoms with van der Waals surface area (Å²) in [7, 11) is 0. The minimum absolute atomic E-state index is 0.191. The van der Waals surface area contributed by atoms with Crippen molar-refractivity contribution < 1.29 is 0 Å². The molecule has 1 atom stereocenters. The van der Waals surface area contributed by atoms with Crippen LogP contribution in [0.4, 0.5) is 0 Å². The van der Waals surface area contributed by atoms with Gasteiger partial charge >= 0.3 is 0 Å². The molecule has 0 spiro atoms. The highest BCUT2D eigenvalue weighted by molar-refractivity contribution is 5.35. The van der Waals surface area contributed by atoms with Gasteiger partial charge in [0.2, 0.25) is 0 Å². The summed E-state index contributed by atoms with van der Waals surface area (Å²) in [6, 6.07) is 10.6. The van der Waals surface area contributed by atoms with Crippen LogP contribution in [0.25, 0.3) is 0 Å². The number of nitrogens with one attached hydrogen (secondary N) is 1. The summed E-state index contributed by atoms with van der Waals surface area (Å²) in [4.78, 5) is 0. The lowest BCUT2D eigenvalue weighted by molar-refractivity contribution is 0.623. The second-order valence-electron chi connectivity index (χ2n) is 4.02. The molecule has 1 N–H and O–H groups in total. The van der Waals surface area contributed by atoms with Crippen molar-refractivity contribution in [3.05, 3.63) is 59.4 Å². The second kappa shape index (κ2) is 5.55. The Morgan fingerprint density at radius 2 is 2.00 bits per heavy atom. The van der Waals surface area contributed by atoms with Crippen LogP contribution < -0.4 is 5.32 Å². The molecule has 0 bridgehead atoms. The average molecular weight is 227 g/mol. The lowest BCUT2D eigenvalue weighted by Crippen LogP contribution is -2.22. The second-order valence-corrected chi connectivity index (χ2v) is 4.02. The monoisotopic (exact) mass is 227 g/mol. The maximum atomic E-state index is 3.95. The van der Waals surface area contributed by atoms with Crippen molar-refractivity contribution in [2.75, 3.05) is 6.54 Å². The maximum Gasteiger partial charge on any atom is 0.0595 e. The molecule has 3 heteroatoms. The van der Waals surface area contributed by atoms with E-state index in [1.54, 1.807) is 6.20 Å². The molecule has 3 nitrogen and oxygen atoms in total. The van der Waals surface area contributed by atoms with Gasteiger partial charge in [-0.25, -0.2) is 0 Å². The molecule has 2 aromatic rings. The van der Waals surface area contributed by atoms with E-state index in [4.69, 9.17) is 0 Å². The molecule has 0 aliphatic carbocycles. The van der Waals surface area contributed by atoms with Crippen molar-refractivity contribution in [2.24, 2.45) is 0 Å². The fourth-order valence-corrected chi connectivity index (χ4v) is 1.99. The molecule has 1 aromatic heterocycles. The van der Waals surface area contributed by atoms with E-state index >= 15 is 0 Å². The SMILES string of the molecule is CCNC(c1ccnnc1)c1ccccc1C. The van der Waals surface area contributed by atoms with Crippen molar-refractivity contribution in [3.63, 3.8) is 0 Å². The van der Waals surface area contributed by atoms with Crippen LogP contribution in [0.3, 0.4) is 0 Å². The third-order valence-corrected chi connectivity index (χ3v) is 2.85. The largest absolute Gasteiger partial charge is 0.306 e. The van der Waals surface area contributed by atoms with Crippen LogP contribution in [0, 0.1) is 6.92 Å². The van der Waals surface area contributed by atoms with Gasteiger partial charge in [0.05, 0.1) is 12.2 Å². The zero-order valence-electron chi connectivity index (χ0n) is 10.2. The minimum atomic E-state index is 0.191. The number of aryl methyl sites for hydroxylation is 1. The first-order valence-electron chi connectivity index (χ1n) is 5.88. The van der Waals surface area contributed by atoms with Gasteiger partial charge in [0, 0.05) is 6.20 Å². The number of nitrogens with zero attached hydrogens (tertiary/aromatic N) is 2. The van der Waals surface area contributed by atoms with Crippen LogP contribution in [-0.2, 0) is 0 Å². The number of benzene rings is 1. The molecule has 0 radical (unpaired) electrons. The average Bonchev–Trinajstić information content (AvgIpc) is 2.38. The molecule has 1 unspecified atom stereocenters. The summed E-state index contributed by atoms with van der Waals surface area (Å²) in [6.45, 7) is 5.16. The van der Waals surface area contributed by atoms with Gasteiger partial charge in [0.1, 0.15) is 0 Å². The standard InChI is InChI=1S/C14H17N3/c1-3-15-14(12-8-9-16-17-10-12)13-7-5-4-6-11(13)2/h4-10,14-15H,3H2,1-2H3. The number of hydrogen-bond donors (Lipinski definition) is 1. The Hall–Kier alpha value is -1.74. The Morgan fingerprint density at radius 3 is 2.65 bits per heavy atom. The Bertz CT molecular complexity index is 468. The summed E-state index contributed by atoms with van der Waals surface area (Å²) in [5, 5.41) is 11.3.